The van der Waals surface area contributed by atoms with Gasteiger partial charge in [-0.25, -0.2) is 23.5 Å². The van der Waals surface area contributed by atoms with Gasteiger partial charge in [0.1, 0.15) is 5.69 Å². The highest BCUT2D eigenvalue weighted by Crippen LogP contribution is 2.38. The zero-order chi connectivity index (χ0) is 21.6. The first-order valence-corrected chi connectivity index (χ1v) is 10.2. The van der Waals surface area contributed by atoms with Gasteiger partial charge in [-0.2, -0.15) is 18.3 Å². The second kappa shape index (κ2) is 7.37. The Morgan fingerprint density at radius 2 is 2.10 bits per heavy atom. The molecule has 2 heterocycles. The van der Waals surface area contributed by atoms with Crippen LogP contribution in [0.5, 0.6) is 0 Å². The fraction of sp³-hybridized carbons (Fsp3) is 0.438. The van der Waals surface area contributed by atoms with Gasteiger partial charge in [0.15, 0.2) is 15.7 Å². The third-order valence-electron chi connectivity index (χ3n) is 4.47. The lowest BCUT2D eigenvalue weighted by Crippen LogP contribution is -2.21. The Balaban J connectivity index is 2.01. The molecule has 0 saturated carbocycles. The average molecular weight is 434 g/mol. The van der Waals surface area contributed by atoms with Crippen molar-refractivity contribution in [2.45, 2.75) is 50.9 Å². The molecule has 0 aliphatic heterocycles. The van der Waals surface area contributed by atoms with E-state index in [2.05, 4.69) is 19.8 Å². The molecule has 0 radical (unpaired) electrons. The molecule has 2 aromatic heterocycles. The summed E-state index contributed by atoms with van der Waals surface area (Å²) in [7, 11) is -4.05. The number of pyridine rings is 1. The number of fused-ring (bicyclic) bond motifs is 1. The Bertz CT molecular complexity index is 1100. The second-order valence-corrected chi connectivity index (χ2v) is 8.17. The largest absolute Gasteiger partial charge is 0.433 e. The molecule has 0 fully saturated rings. The lowest BCUT2D eigenvalue weighted by atomic mass is 10.1. The summed E-state index contributed by atoms with van der Waals surface area (Å²) < 4.78 is 70.7. The fourth-order valence-corrected chi connectivity index (χ4v) is 4.10. The highest BCUT2D eigenvalue weighted by Gasteiger charge is 2.38. The van der Waals surface area contributed by atoms with Gasteiger partial charge in [0.05, 0.1) is 11.9 Å². The summed E-state index contributed by atoms with van der Waals surface area (Å²) in [4.78, 5) is 16.0. The number of nitrogens with zero attached hydrogens (tertiary/aromatic N) is 4. The van der Waals surface area contributed by atoms with Crippen LogP contribution >= 0.6 is 0 Å². The van der Waals surface area contributed by atoms with Gasteiger partial charge in [-0.1, -0.05) is 0 Å². The number of hydrogen-bond donors (Lipinski definition) is 2. The van der Waals surface area contributed by atoms with Gasteiger partial charge >= 0.3 is 12.2 Å². The van der Waals surface area contributed by atoms with Crippen molar-refractivity contribution in [1.82, 2.24) is 14.8 Å². The Hall–Kier alpha value is -2.54. The summed E-state index contributed by atoms with van der Waals surface area (Å²) in [5.74, 6) is -1.00. The minimum atomic E-state index is -4.71. The monoisotopic (exact) mass is 434 g/mol. The Kier molecular flexibility index (Phi) is 5.38. The Morgan fingerprint density at radius 1 is 1.41 bits per heavy atom. The Labute approximate surface area is 163 Å². The number of nitrogens with two attached hydrogens (primary N) is 1. The first-order valence-electron chi connectivity index (χ1n) is 8.62. The van der Waals surface area contributed by atoms with Crippen molar-refractivity contribution >= 4 is 21.6 Å². The van der Waals surface area contributed by atoms with Crippen molar-refractivity contribution in [2.75, 3.05) is 5.32 Å². The fourth-order valence-electron chi connectivity index (χ4n) is 3.16. The number of carbonyl (C=O) groups excluding carboxylic acids is 1. The smallest absolute Gasteiger partial charge is 0.305 e. The van der Waals surface area contributed by atoms with Crippen molar-refractivity contribution < 1.29 is 26.6 Å². The maximum absolute atomic E-state index is 13.9. The SMILES string of the molecule is CCn1cc(F)c([S@@](N)(=O)=NC(=O)Nc2c(C)c(C(F)(F)F)nc3c2CCC3)n1. The van der Waals surface area contributed by atoms with E-state index in [4.69, 9.17) is 5.14 Å². The van der Waals surface area contributed by atoms with Crippen LogP contribution in [0.4, 0.5) is 28.0 Å². The molecule has 1 atom stereocenters. The number of amides is 2. The molecule has 3 N–H and O–H groups in total. The molecule has 8 nitrogen and oxygen atoms in total. The molecular formula is C16H18F4N6O2S. The topological polar surface area (TPSA) is 115 Å². The molecule has 3 rings (SSSR count). The number of nitrogens with one attached hydrogen (secondary N) is 1. The van der Waals surface area contributed by atoms with E-state index >= 15 is 0 Å². The third-order valence-corrected chi connectivity index (χ3v) is 5.74. The number of anilines is 1. The van der Waals surface area contributed by atoms with E-state index in [9.17, 15) is 26.6 Å². The van der Waals surface area contributed by atoms with Gasteiger partial charge in [-0.05, 0) is 38.7 Å². The highest BCUT2D eigenvalue weighted by molar-refractivity contribution is 7.91. The van der Waals surface area contributed by atoms with Crippen LogP contribution in [0.1, 0.15) is 35.9 Å². The summed E-state index contributed by atoms with van der Waals surface area (Å²) in [6.07, 6.45) is -2.42. The lowest BCUT2D eigenvalue weighted by molar-refractivity contribution is -0.141. The first kappa shape index (κ1) is 21.2. The van der Waals surface area contributed by atoms with Crippen LogP contribution in [0.2, 0.25) is 0 Å². The minimum absolute atomic E-state index is 0.0941. The molecule has 0 bridgehead atoms. The molecule has 0 saturated heterocycles. The minimum Gasteiger partial charge on any atom is -0.305 e. The van der Waals surface area contributed by atoms with E-state index in [1.165, 1.54) is 6.92 Å². The summed E-state index contributed by atoms with van der Waals surface area (Å²) >= 11 is 0. The summed E-state index contributed by atoms with van der Waals surface area (Å²) in [6.45, 7) is 3.09. The molecule has 1 aliphatic carbocycles. The normalized spacial score (nSPS) is 15.7. The molecule has 29 heavy (non-hydrogen) atoms. The summed E-state index contributed by atoms with van der Waals surface area (Å²) in [5.41, 5.74) is -0.798. The molecule has 0 unspecified atom stereocenters. The number of aromatic nitrogens is 3. The molecule has 0 aromatic carbocycles. The predicted molar refractivity (Wildman–Crippen MR) is 95.9 cm³/mol. The number of carbonyl (C=O) groups is 1. The first-order chi connectivity index (χ1) is 13.4. The van der Waals surface area contributed by atoms with Crippen LogP contribution in [-0.4, -0.2) is 25.0 Å². The van der Waals surface area contributed by atoms with E-state index < -0.39 is 38.7 Å². The third kappa shape index (κ3) is 4.10. The maximum Gasteiger partial charge on any atom is 0.433 e. The van der Waals surface area contributed by atoms with Crippen molar-refractivity contribution in [3.8, 4) is 0 Å². The predicted octanol–water partition coefficient (Wildman–Crippen LogP) is 3.19. The number of aryl methyl sites for hydroxylation is 2. The highest BCUT2D eigenvalue weighted by atomic mass is 32.2. The summed E-state index contributed by atoms with van der Waals surface area (Å²) in [6, 6.07) is -1.26. The van der Waals surface area contributed by atoms with Crippen LogP contribution < -0.4 is 10.5 Å². The van der Waals surface area contributed by atoms with E-state index in [0.717, 1.165) is 10.9 Å². The standard InChI is InChI=1S/C16H18F4N6O2S/c1-3-26-7-10(17)14(24-26)29(21,28)25-15(27)23-12-8(2)13(16(18,19)20)22-11-6-4-5-9(11)12/h7H,3-6H2,1-2H3,(H3,21,22,23,25,27,28)/t29-/m0/s1. The zero-order valence-corrected chi connectivity index (χ0v) is 16.3. The van der Waals surface area contributed by atoms with Crippen LogP contribution in [0.25, 0.3) is 0 Å². The zero-order valence-electron chi connectivity index (χ0n) is 15.5. The molecule has 158 valence electrons. The van der Waals surface area contributed by atoms with Crippen molar-refractivity contribution in [3.05, 3.63) is 34.5 Å². The van der Waals surface area contributed by atoms with Crippen molar-refractivity contribution in [1.29, 1.82) is 0 Å². The molecule has 2 amide bonds. The van der Waals surface area contributed by atoms with E-state index in [-0.39, 0.29) is 23.5 Å². The number of alkyl halides is 3. The van der Waals surface area contributed by atoms with Crippen molar-refractivity contribution in [3.63, 3.8) is 0 Å². The van der Waals surface area contributed by atoms with Crippen LogP contribution in [-0.2, 0) is 35.5 Å². The van der Waals surface area contributed by atoms with Crippen LogP contribution in [0, 0.1) is 12.7 Å². The van der Waals surface area contributed by atoms with Gasteiger partial charge in [-0.15, -0.1) is 4.36 Å². The number of rotatable bonds is 3. The van der Waals surface area contributed by atoms with E-state index in [1.54, 1.807) is 6.92 Å². The van der Waals surface area contributed by atoms with Crippen LogP contribution in [0.15, 0.2) is 15.6 Å². The van der Waals surface area contributed by atoms with Gasteiger partial charge in [0.25, 0.3) is 0 Å². The molecule has 13 heteroatoms. The second-order valence-electron chi connectivity index (χ2n) is 6.46. The average Bonchev–Trinajstić information content (AvgIpc) is 3.22. The maximum atomic E-state index is 13.9. The molecular weight excluding hydrogens is 416 g/mol. The van der Waals surface area contributed by atoms with Crippen LogP contribution in [0.3, 0.4) is 0 Å². The molecule has 1 aliphatic rings. The van der Waals surface area contributed by atoms with E-state index in [1.807, 2.05) is 0 Å². The quantitative estimate of drug-likeness (QED) is 0.722. The molecule has 2 aromatic rings. The van der Waals surface area contributed by atoms with Gasteiger partial charge in [-0.3, -0.25) is 4.68 Å². The Morgan fingerprint density at radius 3 is 2.69 bits per heavy atom. The number of halogens is 4. The van der Waals surface area contributed by atoms with Gasteiger partial charge < -0.3 is 5.32 Å². The molecule has 0 spiro atoms. The van der Waals surface area contributed by atoms with Gasteiger partial charge in [0, 0.05) is 17.8 Å². The lowest BCUT2D eigenvalue weighted by Gasteiger charge is -2.17. The van der Waals surface area contributed by atoms with Crippen molar-refractivity contribution in [2.24, 2.45) is 9.50 Å². The van der Waals surface area contributed by atoms with E-state index in [0.29, 0.717) is 24.8 Å². The summed E-state index contributed by atoms with van der Waals surface area (Å²) in [5, 5.41) is 10.7. The number of urea groups is 1. The van der Waals surface area contributed by atoms with Gasteiger partial charge in [0.2, 0.25) is 5.03 Å². The number of hydrogen-bond acceptors (Lipinski definition) is 4.